The number of benzene rings is 1. The standard InChI is InChI=1S/C21H24ClN5O3.ClH/c1-25-15(10-18(28)29)9-17-19(20(25)30)27(11-13-5-2-3-7-16(13)22)21(24-17)26-8-4-6-14(23)12-26;/h2-3,5,7,9,14H,4,6,8,10-12,23H2,1H3,(H,28,29);1H/t14-;/m1./s1. The first-order valence-electron chi connectivity index (χ1n) is 9.90. The van der Waals surface area contributed by atoms with E-state index in [4.69, 9.17) is 22.3 Å². The van der Waals surface area contributed by atoms with Crippen molar-refractivity contribution in [2.24, 2.45) is 12.8 Å². The highest BCUT2D eigenvalue weighted by Crippen LogP contribution is 2.27. The molecule has 0 spiro atoms. The number of aromatic nitrogens is 3. The van der Waals surface area contributed by atoms with Crippen LogP contribution in [0.5, 0.6) is 0 Å². The van der Waals surface area contributed by atoms with Crippen LogP contribution in [-0.2, 0) is 24.8 Å². The molecule has 10 heteroatoms. The molecule has 1 aromatic carbocycles. The van der Waals surface area contributed by atoms with Gasteiger partial charge in [-0.3, -0.25) is 9.59 Å². The molecule has 1 aliphatic rings. The van der Waals surface area contributed by atoms with Crippen LogP contribution in [0.2, 0.25) is 5.02 Å². The number of piperidine rings is 1. The van der Waals surface area contributed by atoms with Gasteiger partial charge in [0.15, 0.2) is 0 Å². The molecule has 1 saturated heterocycles. The molecule has 0 radical (unpaired) electrons. The van der Waals surface area contributed by atoms with Gasteiger partial charge in [-0.15, -0.1) is 12.4 Å². The summed E-state index contributed by atoms with van der Waals surface area (Å²) in [6, 6.07) is 9.22. The summed E-state index contributed by atoms with van der Waals surface area (Å²) >= 11 is 6.39. The number of aliphatic carboxylic acids is 1. The van der Waals surface area contributed by atoms with E-state index in [-0.39, 0.29) is 30.4 Å². The van der Waals surface area contributed by atoms with Crippen molar-refractivity contribution in [1.29, 1.82) is 0 Å². The number of pyridine rings is 1. The number of hydrogen-bond donors (Lipinski definition) is 2. The van der Waals surface area contributed by atoms with Crippen molar-refractivity contribution < 1.29 is 9.90 Å². The number of carboxylic acid groups (broad SMARTS) is 1. The van der Waals surface area contributed by atoms with E-state index >= 15 is 0 Å². The number of imidazole rings is 1. The van der Waals surface area contributed by atoms with Crippen LogP contribution in [0, 0.1) is 0 Å². The van der Waals surface area contributed by atoms with Gasteiger partial charge in [0.25, 0.3) is 5.56 Å². The molecule has 0 amide bonds. The first kappa shape index (κ1) is 23.1. The van der Waals surface area contributed by atoms with Gasteiger partial charge in [-0.05, 0) is 30.5 Å². The van der Waals surface area contributed by atoms with Crippen molar-refractivity contribution in [3.8, 4) is 0 Å². The highest BCUT2D eigenvalue weighted by Gasteiger charge is 2.25. The lowest BCUT2D eigenvalue weighted by molar-refractivity contribution is -0.136. The topological polar surface area (TPSA) is 106 Å². The van der Waals surface area contributed by atoms with E-state index in [9.17, 15) is 14.7 Å². The predicted octanol–water partition coefficient (Wildman–Crippen LogP) is 2.41. The molecule has 1 fully saturated rings. The van der Waals surface area contributed by atoms with Gasteiger partial charge in [0.05, 0.1) is 18.5 Å². The Morgan fingerprint density at radius 1 is 1.35 bits per heavy atom. The molecule has 0 aliphatic carbocycles. The monoisotopic (exact) mass is 465 g/mol. The Balaban J connectivity index is 0.00000272. The number of anilines is 1. The number of fused-ring (bicyclic) bond motifs is 1. The number of rotatable bonds is 5. The van der Waals surface area contributed by atoms with Crippen LogP contribution in [0.3, 0.4) is 0 Å². The predicted molar refractivity (Wildman–Crippen MR) is 124 cm³/mol. The summed E-state index contributed by atoms with van der Waals surface area (Å²) in [5.41, 5.74) is 8.10. The van der Waals surface area contributed by atoms with Crippen LogP contribution in [0.1, 0.15) is 24.1 Å². The van der Waals surface area contributed by atoms with Crippen LogP contribution >= 0.6 is 24.0 Å². The molecule has 1 aliphatic heterocycles. The summed E-state index contributed by atoms with van der Waals surface area (Å²) in [4.78, 5) is 31.3. The summed E-state index contributed by atoms with van der Waals surface area (Å²) in [6.07, 6.45) is 1.65. The summed E-state index contributed by atoms with van der Waals surface area (Å²) in [5, 5.41) is 9.81. The highest BCUT2D eigenvalue weighted by molar-refractivity contribution is 6.31. The molecule has 166 valence electrons. The third-order valence-electron chi connectivity index (χ3n) is 5.58. The quantitative estimate of drug-likeness (QED) is 0.598. The molecule has 0 bridgehead atoms. The Morgan fingerprint density at radius 2 is 2.10 bits per heavy atom. The summed E-state index contributed by atoms with van der Waals surface area (Å²) in [7, 11) is 1.59. The fourth-order valence-electron chi connectivity index (χ4n) is 4.03. The van der Waals surface area contributed by atoms with E-state index in [2.05, 4.69) is 4.90 Å². The molecule has 0 saturated carbocycles. The molecule has 2 aromatic heterocycles. The zero-order chi connectivity index (χ0) is 21.4. The number of halogens is 2. The van der Waals surface area contributed by atoms with Crippen molar-refractivity contribution in [2.75, 3.05) is 18.0 Å². The molecule has 3 aromatic rings. The lowest BCUT2D eigenvalue weighted by atomic mass is 10.1. The number of nitrogens with zero attached hydrogens (tertiary/aromatic N) is 4. The van der Waals surface area contributed by atoms with Gasteiger partial charge in [-0.25, -0.2) is 4.98 Å². The third-order valence-corrected chi connectivity index (χ3v) is 5.94. The van der Waals surface area contributed by atoms with Crippen LogP contribution in [0.4, 0.5) is 5.95 Å². The lowest BCUT2D eigenvalue weighted by Gasteiger charge is -2.32. The van der Waals surface area contributed by atoms with E-state index in [0.29, 0.717) is 40.8 Å². The molecule has 3 heterocycles. The average Bonchev–Trinajstić information content (AvgIpc) is 3.05. The van der Waals surface area contributed by atoms with Gasteiger partial charge in [0.1, 0.15) is 5.52 Å². The fourth-order valence-corrected chi connectivity index (χ4v) is 4.23. The van der Waals surface area contributed by atoms with Gasteiger partial charge < -0.3 is 24.9 Å². The first-order chi connectivity index (χ1) is 14.3. The van der Waals surface area contributed by atoms with Gasteiger partial charge in [0, 0.05) is 36.9 Å². The zero-order valence-corrected chi connectivity index (χ0v) is 18.7. The average molecular weight is 466 g/mol. The van der Waals surface area contributed by atoms with Crippen molar-refractivity contribution in [2.45, 2.75) is 31.8 Å². The fraction of sp³-hybridized carbons (Fsp3) is 0.381. The molecule has 4 rings (SSSR count). The number of nitrogens with two attached hydrogens (primary N) is 1. The Bertz CT molecular complexity index is 1170. The third kappa shape index (κ3) is 4.56. The minimum Gasteiger partial charge on any atom is -0.481 e. The Morgan fingerprint density at radius 3 is 2.77 bits per heavy atom. The molecule has 1 atom stereocenters. The summed E-state index contributed by atoms with van der Waals surface area (Å²) in [6.45, 7) is 1.82. The number of carbonyl (C=O) groups is 1. The number of carboxylic acids is 1. The minimum atomic E-state index is -0.998. The Hall–Kier alpha value is -2.55. The maximum absolute atomic E-state index is 13.2. The van der Waals surface area contributed by atoms with Crippen LogP contribution < -0.4 is 16.2 Å². The maximum atomic E-state index is 13.2. The molecule has 3 N–H and O–H groups in total. The highest BCUT2D eigenvalue weighted by atomic mass is 35.5. The number of hydrogen-bond acceptors (Lipinski definition) is 5. The Kier molecular flexibility index (Phi) is 6.93. The summed E-state index contributed by atoms with van der Waals surface area (Å²) < 4.78 is 3.26. The van der Waals surface area contributed by atoms with Gasteiger partial charge >= 0.3 is 5.97 Å². The second kappa shape index (κ2) is 9.30. The van der Waals surface area contributed by atoms with Crippen LogP contribution in [-0.4, -0.2) is 44.3 Å². The van der Waals surface area contributed by atoms with E-state index < -0.39 is 5.97 Å². The largest absolute Gasteiger partial charge is 0.481 e. The normalized spacial score (nSPS) is 16.4. The minimum absolute atomic E-state index is 0. The van der Waals surface area contributed by atoms with Gasteiger partial charge in [-0.1, -0.05) is 29.8 Å². The van der Waals surface area contributed by atoms with E-state index in [1.165, 1.54) is 4.57 Å². The van der Waals surface area contributed by atoms with E-state index in [0.717, 1.165) is 24.9 Å². The van der Waals surface area contributed by atoms with Crippen LogP contribution in [0.25, 0.3) is 11.0 Å². The van der Waals surface area contributed by atoms with Gasteiger partial charge in [0.2, 0.25) is 5.95 Å². The second-order valence-electron chi connectivity index (χ2n) is 7.74. The van der Waals surface area contributed by atoms with Gasteiger partial charge in [-0.2, -0.15) is 0 Å². The van der Waals surface area contributed by atoms with Crippen molar-refractivity contribution >= 4 is 47.0 Å². The molecular formula is C21H25Cl2N5O3. The second-order valence-corrected chi connectivity index (χ2v) is 8.15. The SMILES string of the molecule is Cl.Cn1c(CC(=O)O)cc2nc(N3CCC[C@@H](N)C3)n(Cc3ccccc3Cl)c2c1=O. The van der Waals surface area contributed by atoms with Crippen molar-refractivity contribution in [1.82, 2.24) is 14.1 Å². The van der Waals surface area contributed by atoms with Crippen molar-refractivity contribution in [3.05, 3.63) is 57.0 Å². The smallest absolute Gasteiger partial charge is 0.309 e. The van der Waals surface area contributed by atoms with Crippen molar-refractivity contribution in [3.63, 3.8) is 0 Å². The van der Waals surface area contributed by atoms with E-state index in [1.54, 1.807) is 13.1 Å². The maximum Gasteiger partial charge on any atom is 0.309 e. The molecule has 8 nitrogen and oxygen atoms in total. The Labute approximate surface area is 190 Å². The molecule has 31 heavy (non-hydrogen) atoms. The van der Waals surface area contributed by atoms with Crippen LogP contribution in [0.15, 0.2) is 35.1 Å². The van der Waals surface area contributed by atoms with E-state index in [1.807, 2.05) is 28.8 Å². The molecular weight excluding hydrogens is 441 g/mol. The lowest BCUT2D eigenvalue weighted by Crippen LogP contribution is -2.44. The zero-order valence-electron chi connectivity index (χ0n) is 17.1. The first-order valence-corrected chi connectivity index (χ1v) is 10.3. The summed E-state index contributed by atoms with van der Waals surface area (Å²) in [5.74, 6) is -0.341. The molecule has 0 unspecified atom stereocenters.